The van der Waals surface area contributed by atoms with Crippen molar-refractivity contribution in [2.24, 2.45) is 0 Å². The van der Waals surface area contributed by atoms with Gasteiger partial charge >= 0.3 is 6.03 Å². The van der Waals surface area contributed by atoms with Crippen LogP contribution in [0.25, 0.3) is 0 Å². The molecule has 2 aromatic heterocycles. The van der Waals surface area contributed by atoms with E-state index in [0.29, 0.717) is 43.9 Å². The fourth-order valence-electron chi connectivity index (χ4n) is 5.35. The van der Waals surface area contributed by atoms with Gasteiger partial charge < -0.3 is 19.4 Å². The van der Waals surface area contributed by atoms with Crippen molar-refractivity contribution in [1.82, 2.24) is 20.2 Å². The third kappa shape index (κ3) is 6.22. The van der Waals surface area contributed by atoms with Crippen LogP contribution in [0.1, 0.15) is 57.6 Å². The Bertz CT molecular complexity index is 1480. The maximum atomic E-state index is 13.6. The predicted octanol–water partition coefficient (Wildman–Crippen LogP) is 5.30. The largest absolute Gasteiger partial charge is 0.493 e. The van der Waals surface area contributed by atoms with Gasteiger partial charge in [-0.25, -0.2) is 9.78 Å². The smallest absolute Gasteiger partial charge is 0.318 e. The van der Waals surface area contributed by atoms with E-state index in [2.05, 4.69) is 53.4 Å². The minimum atomic E-state index is -0.311. The molecule has 8 heteroatoms. The van der Waals surface area contributed by atoms with Gasteiger partial charge in [0.1, 0.15) is 17.8 Å². The first-order chi connectivity index (χ1) is 19.4. The lowest BCUT2D eigenvalue weighted by Crippen LogP contribution is -2.46. The van der Waals surface area contributed by atoms with E-state index in [1.165, 1.54) is 12.7 Å². The molecule has 1 atom stereocenters. The van der Waals surface area contributed by atoms with Crippen molar-refractivity contribution in [1.29, 1.82) is 0 Å². The zero-order valence-electron chi connectivity index (χ0n) is 23.1. The average molecular weight is 539 g/mol. The Labute approximate surface area is 234 Å². The summed E-state index contributed by atoms with van der Waals surface area (Å²) in [6.45, 7) is 7.01. The Kier molecular flexibility index (Phi) is 8.24. The zero-order valence-corrected chi connectivity index (χ0v) is 23.1. The van der Waals surface area contributed by atoms with Crippen LogP contribution in [-0.4, -0.2) is 39.8 Å². The summed E-state index contributed by atoms with van der Waals surface area (Å²) in [5.41, 5.74) is 8.09. The fourth-order valence-corrected chi connectivity index (χ4v) is 5.35. The number of benzene rings is 2. The van der Waals surface area contributed by atoms with E-state index in [0.717, 1.165) is 38.9 Å². The van der Waals surface area contributed by atoms with Crippen LogP contribution in [0.3, 0.4) is 0 Å². The van der Waals surface area contributed by atoms with E-state index in [1.54, 1.807) is 13.1 Å². The number of fused-ring (bicyclic) bond motifs is 1. The SMILES string of the molecule is CC(=O)Cc1cc2c(cc1OCCc1cccnc1)C(c1ccc(C)cc1C)N(C(=O)NCc1cocn1)CC2. The number of rotatable bonds is 9. The van der Waals surface area contributed by atoms with Gasteiger partial charge in [0.2, 0.25) is 0 Å². The van der Waals surface area contributed by atoms with Crippen LogP contribution in [-0.2, 0) is 30.6 Å². The number of nitrogens with zero attached hydrogens (tertiary/aromatic N) is 3. The number of aryl methyl sites for hydroxylation is 2. The first-order valence-corrected chi connectivity index (χ1v) is 13.5. The third-order valence-corrected chi connectivity index (χ3v) is 7.25. The predicted molar refractivity (Wildman–Crippen MR) is 151 cm³/mol. The molecule has 0 saturated carbocycles. The lowest BCUT2D eigenvalue weighted by atomic mass is 9.84. The zero-order chi connectivity index (χ0) is 28.1. The van der Waals surface area contributed by atoms with Crippen LogP contribution in [0.2, 0.25) is 0 Å². The molecule has 3 heterocycles. The number of ketones is 1. The van der Waals surface area contributed by atoms with E-state index in [1.807, 2.05) is 29.3 Å². The topological polar surface area (TPSA) is 97.6 Å². The average Bonchev–Trinajstić information content (AvgIpc) is 3.46. The first kappa shape index (κ1) is 27.1. The molecule has 0 spiro atoms. The van der Waals surface area contributed by atoms with Crippen molar-refractivity contribution in [3.63, 3.8) is 0 Å². The molecule has 1 unspecified atom stereocenters. The van der Waals surface area contributed by atoms with Crippen molar-refractivity contribution in [2.45, 2.75) is 52.6 Å². The highest BCUT2D eigenvalue weighted by Crippen LogP contribution is 2.40. The minimum Gasteiger partial charge on any atom is -0.493 e. The maximum Gasteiger partial charge on any atom is 0.318 e. The highest BCUT2D eigenvalue weighted by molar-refractivity contribution is 5.79. The van der Waals surface area contributed by atoms with Gasteiger partial charge in [-0.2, -0.15) is 0 Å². The molecular formula is C32H34N4O4. The van der Waals surface area contributed by atoms with Crippen molar-refractivity contribution in [3.05, 3.63) is 112 Å². The first-order valence-electron chi connectivity index (χ1n) is 13.5. The Morgan fingerprint density at radius 3 is 2.75 bits per heavy atom. The van der Waals surface area contributed by atoms with Gasteiger partial charge in [-0.3, -0.25) is 9.78 Å². The molecule has 0 bridgehead atoms. The molecule has 40 heavy (non-hydrogen) atoms. The van der Waals surface area contributed by atoms with E-state index in [4.69, 9.17) is 9.15 Å². The summed E-state index contributed by atoms with van der Waals surface area (Å²) in [4.78, 5) is 35.9. The Hall–Kier alpha value is -4.46. The van der Waals surface area contributed by atoms with Gasteiger partial charge in [0.25, 0.3) is 0 Å². The number of Topliss-reactive ketones (excluding diaryl/α,β-unsaturated/α-hetero) is 1. The molecule has 1 N–H and O–H groups in total. The van der Waals surface area contributed by atoms with Gasteiger partial charge in [-0.05, 0) is 67.1 Å². The summed E-state index contributed by atoms with van der Waals surface area (Å²) in [5.74, 6) is 0.755. The fraction of sp³-hybridized carbons (Fsp3) is 0.312. The highest BCUT2D eigenvalue weighted by atomic mass is 16.5. The monoisotopic (exact) mass is 538 g/mol. The summed E-state index contributed by atoms with van der Waals surface area (Å²) < 4.78 is 11.4. The second-order valence-corrected chi connectivity index (χ2v) is 10.3. The van der Waals surface area contributed by atoms with Crippen LogP contribution in [0.4, 0.5) is 4.79 Å². The highest BCUT2D eigenvalue weighted by Gasteiger charge is 2.34. The molecule has 1 aliphatic heterocycles. The number of urea groups is 1. The number of carbonyl (C=O) groups excluding carboxylic acids is 2. The summed E-state index contributed by atoms with van der Waals surface area (Å²) >= 11 is 0. The molecule has 0 saturated heterocycles. The molecule has 2 amide bonds. The van der Waals surface area contributed by atoms with Gasteiger partial charge in [0.15, 0.2) is 6.39 Å². The number of hydrogen-bond acceptors (Lipinski definition) is 6. The Morgan fingerprint density at radius 1 is 1.15 bits per heavy atom. The van der Waals surface area contributed by atoms with Crippen LogP contribution >= 0.6 is 0 Å². The number of aromatic nitrogens is 2. The number of nitrogens with one attached hydrogen (secondary N) is 1. The van der Waals surface area contributed by atoms with E-state index in [-0.39, 0.29) is 24.4 Å². The van der Waals surface area contributed by atoms with Gasteiger partial charge in [-0.1, -0.05) is 35.9 Å². The molecule has 206 valence electrons. The maximum absolute atomic E-state index is 13.6. The molecule has 1 aliphatic rings. The number of hydrogen-bond donors (Lipinski definition) is 1. The quantitative estimate of drug-likeness (QED) is 0.311. The van der Waals surface area contributed by atoms with Crippen LogP contribution < -0.4 is 10.1 Å². The standard InChI is InChI=1S/C32H34N4O4/c1-21-6-7-28(22(2)13-21)31-29-16-30(40-12-9-24-5-4-10-33-17-24)26(14-23(3)37)15-25(29)8-11-36(31)32(38)34-18-27-19-39-20-35-27/h4-7,10,13,15-17,19-20,31H,8-9,11-12,14,18H2,1-3H3,(H,34,38). The van der Waals surface area contributed by atoms with E-state index in [9.17, 15) is 9.59 Å². The van der Waals surface area contributed by atoms with E-state index >= 15 is 0 Å². The lowest BCUT2D eigenvalue weighted by molar-refractivity contribution is -0.116. The van der Waals surface area contributed by atoms with Crippen LogP contribution in [0.5, 0.6) is 5.75 Å². The molecule has 4 aromatic rings. The normalized spacial score (nSPS) is 14.5. The summed E-state index contributed by atoms with van der Waals surface area (Å²) in [5, 5.41) is 3.00. The lowest BCUT2D eigenvalue weighted by Gasteiger charge is -2.39. The second-order valence-electron chi connectivity index (χ2n) is 10.3. The molecule has 8 nitrogen and oxygen atoms in total. The van der Waals surface area contributed by atoms with Gasteiger partial charge in [0, 0.05) is 37.3 Å². The summed E-state index contributed by atoms with van der Waals surface area (Å²) in [6, 6.07) is 13.9. The van der Waals surface area contributed by atoms with Crippen molar-refractivity contribution in [2.75, 3.05) is 13.2 Å². The molecule has 0 fully saturated rings. The van der Waals surface area contributed by atoms with Crippen molar-refractivity contribution < 1.29 is 18.7 Å². The summed E-state index contributed by atoms with van der Waals surface area (Å²) in [7, 11) is 0. The van der Waals surface area contributed by atoms with Crippen molar-refractivity contribution in [3.8, 4) is 5.75 Å². The minimum absolute atomic E-state index is 0.0765. The van der Waals surface area contributed by atoms with Gasteiger partial charge in [-0.15, -0.1) is 0 Å². The second kappa shape index (κ2) is 12.2. The molecular weight excluding hydrogens is 504 g/mol. The molecule has 2 aromatic carbocycles. The molecule has 0 radical (unpaired) electrons. The third-order valence-electron chi connectivity index (χ3n) is 7.25. The van der Waals surface area contributed by atoms with E-state index < -0.39 is 0 Å². The molecule has 5 rings (SSSR count). The number of ether oxygens (including phenoxy) is 1. The van der Waals surface area contributed by atoms with Crippen molar-refractivity contribution >= 4 is 11.8 Å². The Balaban J connectivity index is 1.50. The molecule has 0 aliphatic carbocycles. The number of pyridine rings is 1. The number of oxazole rings is 1. The number of amides is 2. The number of carbonyl (C=O) groups is 2. The Morgan fingerprint density at radius 2 is 2.02 bits per heavy atom. The summed E-state index contributed by atoms with van der Waals surface area (Å²) in [6.07, 6.45) is 8.13. The van der Waals surface area contributed by atoms with Crippen LogP contribution in [0.15, 0.2) is 71.9 Å². The van der Waals surface area contributed by atoms with Gasteiger partial charge in [0.05, 0.1) is 24.9 Å². The van der Waals surface area contributed by atoms with Crippen LogP contribution in [0, 0.1) is 13.8 Å².